The number of anilines is 2. The highest BCUT2D eigenvalue weighted by atomic mass is 19.1. The van der Waals surface area contributed by atoms with Crippen molar-refractivity contribution in [3.05, 3.63) is 53.0 Å². The standard InChI is InChI=1S/C21H20FN5O3/c1-14-10-15(12-23)13-24-19(14)25-4-6-26(7-5-25)20(28)17-3-2-16(11-18(17)22)27-8-9-30-21(27)29/h2-3,10-11,13H,4-9H2,1H3. The van der Waals surface area contributed by atoms with Crippen molar-refractivity contribution in [1.82, 2.24) is 9.88 Å². The molecule has 0 aliphatic carbocycles. The number of carbonyl (C=O) groups excluding carboxylic acids is 2. The second kappa shape index (κ2) is 7.99. The van der Waals surface area contributed by atoms with E-state index in [2.05, 4.69) is 16.0 Å². The van der Waals surface area contributed by atoms with E-state index in [-0.39, 0.29) is 18.1 Å². The van der Waals surface area contributed by atoms with E-state index in [4.69, 9.17) is 10.00 Å². The molecule has 2 amide bonds. The van der Waals surface area contributed by atoms with Gasteiger partial charge in [-0.05, 0) is 36.8 Å². The van der Waals surface area contributed by atoms with Crippen molar-refractivity contribution in [3.8, 4) is 6.07 Å². The number of amides is 2. The molecule has 0 radical (unpaired) electrons. The van der Waals surface area contributed by atoms with Crippen LogP contribution in [0.4, 0.5) is 20.7 Å². The second-order valence-electron chi connectivity index (χ2n) is 7.19. The number of nitrogens with zero attached hydrogens (tertiary/aromatic N) is 5. The van der Waals surface area contributed by atoms with Gasteiger partial charge in [-0.25, -0.2) is 14.2 Å². The summed E-state index contributed by atoms with van der Waals surface area (Å²) in [7, 11) is 0. The van der Waals surface area contributed by atoms with Gasteiger partial charge in [-0.1, -0.05) is 0 Å². The zero-order valence-electron chi connectivity index (χ0n) is 16.5. The van der Waals surface area contributed by atoms with Crippen molar-refractivity contribution in [2.24, 2.45) is 0 Å². The van der Waals surface area contributed by atoms with Crippen LogP contribution in [-0.4, -0.2) is 61.2 Å². The van der Waals surface area contributed by atoms with Gasteiger partial charge >= 0.3 is 6.09 Å². The Morgan fingerprint density at radius 2 is 1.97 bits per heavy atom. The third-order valence-corrected chi connectivity index (χ3v) is 5.30. The van der Waals surface area contributed by atoms with Crippen LogP contribution in [0.5, 0.6) is 0 Å². The molecule has 2 aliphatic rings. The van der Waals surface area contributed by atoms with Crippen LogP contribution in [0.25, 0.3) is 0 Å². The van der Waals surface area contributed by atoms with Gasteiger partial charge in [0.2, 0.25) is 0 Å². The first-order valence-corrected chi connectivity index (χ1v) is 9.63. The maximum absolute atomic E-state index is 14.6. The van der Waals surface area contributed by atoms with Crippen LogP contribution >= 0.6 is 0 Å². The molecule has 9 heteroatoms. The van der Waals surface area contributed by atoms with Crippen molar-refractivity contribution in [2.75, 3.05) is 49.1 Å². The highest BCUT2D eigenvalue weighted by Gasteiger charge is 2.28. The van der Waals surface area contributed by atoms with Crippen LogP contribution in [0.2, 0.25) is 0 Å². The fourth-order valence-electron chi connectivity index (χ4n) is 3.72. The number of hydrogen-bond acceptors (Lipinski definition) is 6. The van der Waals surface area contributed by atoms with Crippen molar-refractivity contribution >= 4 is 23.5 Å². The number of aryl methyl sites for hydroxylation is 1. The lowest BCUT2D eigenvalue weighted by atomic mass is 10.1. The Morgan fingerprint density at radius 3 is 2.57 bits per heavy atom. The van der Waals surface area contributed by atoms with E-state index in [1.165, 1.54) is 23.2 Å². The minimum absolute atomic E-state index is 0.0209. The van der Waals surface area contributed by atoms with Crippen LogP contribution in [0.3, 0.4) is 0 Å². The van der Waals surface area contributed by atoms with Gasteiger partial charge in [-0.2, -0.15) is 5.26 Å². The summed E-state index contributed by atoms with van der Waals surface area (Å²) < 4.78 is 19.5. The Hall–Kier alpha value is -3.67. The van der Waals surface area contributed by atoms with Crippen molar-refractivity contribution < 1.29 is 18.7 Å². The molecule has 30 heavy (non-hydrogen) atoms. The molecule has 0 N–H and O–H groups in total. The molecular weight excluding hydrogens is 389 g/mol. The summed E-state index contributed by atoms with van der Waals surface area (Å²) in [5.74, 6) is -0.259. The van der Waals surface area contributed by atoms with Crippen molar-refractivity contribution in [1.29, 1.82) is 5.26 Å². The third kappa shape index (κ3) is 3.64. The Kier molecular flexibility index (Phi) is 5.23. The van der Waals surface area contributed by atoms with Gasteiger partial charge in [0, 0.05) is 32.4 Å². The number of hydrogen-bond donors (Lipinski definition) is 0. The molecule has 2 fully saturated rings. The molecule has 154 valence electrons. The maximum Gasteiger partial charge on any atom is 0.414 e. The summed E-state index contributed by atoms with van der Waals surface area (Å²) >= 11 is 0. The van der Waals surface area contributed by atoms with Gasteiger partial charge in [-0.15, -0.1) is 0 Å². The van der Waals surface area contributed by atoms with E-state index in [0.717, 1.165) is 11.4 Å². The lowest BCUT2D eigenvalue weighted by Gasteiger charge is -2.36. The molecular formula is C21H20FN5O3. The topological polar surface area (TPSA) is 89.8 Å². The number of piperazine rings is 1. The largest absolute Gasteiger partial charge is 0.447 e. The molecule has 0 bridgehead atoms. The number of benzene rings is 1. The average molecular weight is 409 g/mol. The smallest absolute Gasteiger partial charge is 0.414 e. The van der Waals surface area contributed by atoms with Crippen LogP contribution in [0, 0.1) is 24.1 Å². The molecule has 1 aromatic carbocycles. The minimum atomic E-state index is -0.663. The lowest BCUT2D eigenvalue weighted by molar-refractivity contribution is 0.0742. The Balaban J connectivity index is 1.43. The third-order valence-electron chi connectivity index (χ3n) is 5.30. The molecule has 2 saturated heterocycles. The Labute approximate surface area is 173 Å². The zero-order chi connectivity index (χ0) is 21.3. The number of aromatic nitrogens is 1. The quantitative estimate of drug-likeness (QED) is 0.773. The number of carbonyl (C=O) groups is 2. The number of nitriles is 1. The fourth-order valence-corrected chi connectivity index (χ4v) is 3.72. The van der Waals surface area contributed by atoms with Gasteiger partial charge < -0.3 is 14.5 Å². The van der Waals surface area contributed by atoms with Crippen LogP contribution in [-0.2, 0) is 4.74 Å². The van der Waals surface area contributed by atoms with Crippen LogP contribution in [0.15, 0.2) is 30.5 Å². The summed E-state index contributed by atoms with van der Waals surface area (Å²) in [5.41, 5.74) is 1.76. The molecule has 3 heterocycles. The van der Waals surface area contributed by atoms with Gasteiger partial charge in [0.15, 0.2) is 0 Å². The lowest BCUT2D eigenvalue weighted by Crippen LogP contribution is -2.49. The maximum atomic E-state index is 14.6. The van der Waals surface area contributed by atoms with Crippen LogP contribution in [0.1, 0.15) is 21.5 Å². The molecule has 2 aliphatic heterocycles. The number of ether oxygens (including phenoxy) is 1. The number of rotatable bonds is 3. The summed E-state index contributed by atoms with van der Waals surface area (Å²) in [6.45, 7) is 4.50. The van der Waals surface area contributed by atoms with Gasteiger partial charge in [0.25, 0.3) is 5.91 Å². The first-order chi connectivity index (χ1) is 14.5. The first kappa shape index (κ1) is 19.6. The highest BCUT2D eigenvalue weighted by molar-refractivity contribution is 5.96. The zero-order valence-corrected chi connectivity index (χ0v) is 16.5. The van der Waals surface area contributed by atoms with Gasteiger partial charge in [0.05, 0.1) is 23.4 Å². The first-order valence-electron chi connectivity index (χ1n) is 9.63. The van der Waals surface area contributed by atoms with E-state index in [9.17, 15) is 14.0 Å². The number of pyridine rings is 1. The Morgan fingerprint density at radius 1 is 1.20 bits per heavy atom. The van der Waals surface area contributed by atoms with Gasteiger partial charge in [0.1, 0.15) is 24.3 Å². The van der Waals surface area contributed by atoms with Crippen molar-refractivity contribution in [3.63, 3.8) is 0 Å². The summed E-state index contributed by atoms with van der Waals surface area (Å²) in [6.07, 6.45) is 1.02. The van der Waals surface area contributed by atoms with E-state index >= 15 is 0 Å². The molecule has 1 aromatic heterocycles. The van der Waals surface area contributed by atoms with E-state index in [0.29, 0.717) is 44.0 Å². The summed E-state index contributed by atoms with van der Waals surface area (Å²) in [5, 5.41) is 8.98. The molecule has 4 rings (SSSR count). The molecule has 2 aromatic rings. The predicted octanol–water partition coefficient (Wildman–Crippen LogP) is 2.32. The van der Waals surface area contributed by atoms with Gasteiger partial charge in [-0.3, -0.25) is 9.69 Å². The molecule has 0 spiro atoms. The van der Waals surface area contributed by atoms with E-state index in [1.807, 2.05) is 6.92 Å². The monoisotopic (exact) mass is 409 g/mol. The molecule has 8 nitrogen and oxygen atoms in total. The number of cyclic esters (lactones) is 1. The molecule has 0 atom stereocenters. The van der Waals surface area contributed by atoms with Crippen molar-refractivity contribution in [2.45, 2.75) is 6.92 Å². The Bertz CT molecular complexity index is 1040. The van der Waals surface area contributed by atoms with Crippen LogP contribution < -0.4 is 9.80 Å². The highest BCUT2D eigenvalue weighted by Crippen LogP contribution is 2.24. The summed E-state index contributed by atoms with van der Waals surface area (Å²) in [4.78, 5) is 33.8. The second-order valence-corrected chi connectivity index (χ2v) is 7.19. The average Bonchev–Trinajstić information content (AvgIpc) is 3.19. The number of halogens is 1. The summed E-state index contributed by atoms with van der Waals surface area (Å²) in [6, 6.07) is 8.02. The minimum Gasteiger partial charge on any atom is -0.447 e. The van der Waals surface area contributed by atoms with E-state index < -0.39 is 11.9 Å². The van der Waals surface area contributed by atoms with E-state index in [1.54, 1.807) is 17.0 Å². The predicted molar refractivity (Wildman–Crippen MR) is 107 cm³/mol. The normalized spacial score (nSPS) is 16.4. The molecule has 0 unspecified atom stereocenters. The SMILES string of the molecule is Cc1cc(C#N)cnc1N1CCN(C(=O)c2ccc(N3CCOC3=O)cc2F)CC1. The molecule has 0 saturated carbocycles. The fraction of sp³-hybridized carbons (Fsp3) is 0.333.